The minimum atomic E-state index is -0.964. The maximum absolute atomic E-state index is 13.3. The fourth-order valence-electron chi connectivity index (χ4n) is 5.01. The number of benzene rings is 3. The van der Waals surface area contributed by atoms with E-state index in [0.717, 1.165) is 22.3 Å². The van der Waals surface area contributed by atoms with E-state index in [9.17, 15) is 19.5 Å². The number of aliphatic hydroxyl groups is 1. The van der Waals surface area contributed by atoms with E-state index in [2.05, 4.69) is 34.0 Å². The van der Waals surface area contributed by atoms with E-state index in [4.69, 9.17) is 21.6 Å². The van der Waals surface area contributed by atoms with Crippen LogP contribution in [0.3, 0.4) is 0 Å². The Bertz CT molecular complexity index is 1420. The molecule has 3 aromatic rings. The first kappa shape index (κ1) is 30.1. The van der Waals surface area contributed by atoms with Crippen LogP contribution in [0.1, 0.15) is 41.0 Å². The molecule has 1 aliphatic rings. The van der Waals surface area contributed by atoms with Gasteiger partial charge in [0.1, 0.15) is 19.3 Å². The molecule has 1 atom stereocenters. The molecule has 0 heterocycles. The van der Waals surface area contributed by atoms with Gasteiger partial charge in [-0.1, -0.05) is 60.5 Å². The number of hydrogen-bond donors (Lipinski definition) is 5. The number of carbonyl (C=O) groups excluding carboxylic acids is 3. The van der Waals surface area contributed by atoms with Crippen molar-refractivity contribution < 1.29 is 29.0 Å². The van der Waals surface area contributed by atoms with Crippen molar-refractivity contribution in [1.82, 2.24) is 10.6 Å². The lowest BCUT2D eigenvalue weighted by Gasteiger charge is -2.20. The van der Waals surface area contributed by atoms with Crippen LogP contribution in [0.5, 0.6) is 0 Å². The molecule has 10 nitrogen and oxygen atoms in total. The fraction of sp³-hybridized carbons (Fsp3) is 0.281. The summed E-state index contributed by atoms with van der Waals surface area (Å²) in [6.45, 7) is 0.382. The minimum Gasteiger partial charge on any atom is -0.449 e. The standard InChI is InChI=1S/C32H34N4O6/c1-2-16-41-19-22-17-23(14-13-21(22)18-37)35-30(38)29(12-7-15-34-31(33)39)36-32(40)42-20-28-26-10-5-3-8-24(26)25-9-4-6-11-27(25)28/h1,3-6,8-11,13-14,17,28-29,37H,7,12,15-16,18-20H2,(H,35,38)(H,36,40)(H3,33,34,39)/t29-/m0/s1. The van der Waals surface area contributed by atoms with E-state index < -0.39 is 24.1 Å². The topological polar surface area (TPSA) is 152 Å². The Hall–Kier alpha value is -4.85. The number of nitrogens with one attached hydrogen (secondary N) is 3. The van der Waals surface area contributed by atoms with Gasteiger partial charge >= 0.3 is 12.1 Å². The number of aliphatic hydroxyl groups excluding tert-OH is 1. The molecular formula is C32H34N4O6. The van der Waals surface area contributed by atoms with Crippen LogP contribution >= 0.6 is 0 Å². The number of urea groups is 1. The highest BCUT2D eigenvalue weighted by Crippen LogP contribution is 2.44. The van der Waals surface area contributed by atoms with Gasteiger partial charge < -0.3 is 36.3 Å². The van der Waals surface area contributed by atoms with E-state index in [1.807, 2.05) is 36.4 Å². The number of fused-ring (bicyclic) bond motifs is 3. The van der Waals surface area contributed by atoms with Crippen molar-refractivity contribution in [3.63, 3.8) is 0 Å². The number of alkyl carbamates (subject to hydrolysis) is 1. The van der Waals surface area contributed by atoms with Crippen molar-refractivity contribution in [2.24, 2.45) is 5.73 Å². The lowest BCUT2D eigenvalue weighted by molar-refractivity contribution is -0.118. The number of ether oxygens (including phenoxy) is 2. The first-order valence-electron chi connectivity index (χ1n) is 13.6. The molecule has 6 N–H and O–H groups in total. The van der Waals surface area contributed by atoms with E-state index >= 15 is 0 Å². The highest BCUT2D eigenvalue weighted by molar-refractivity contribution is 5.96. The molecule has 0 aromatic heterocycles. The number of terminal acetylenes is 1. The average Bonchev–Trinajstić information content (AvgIpc) is 3.31. The molecule has 42 heavy (non-hydrogen) atoms. The third kappa shape index (κ3) is 7.66. The minimum absolute atomic E-state index is 0.0983. The first-order valence-corrected chi connectivity index (χ1v) is 13.6. The second kappa shape index (κ2) is 14.7. The van der Waals surface area contributed by atoms with Gasteiger partial charge in [-0.2, -0.15) is 0 Å². The predicted octanol–water partition coefficient (Wildman–Crippen LogP) is 3.62. The summed E-state index contributed by atoms with van der Waals surface area (Å²) in [6.07, 6.45) is 5.09. The van der Waals surface area contributed by atoms with Gasteiger partial charge in [0.15, 0.2) is 0 Å². The molecule has 0 bridgehead atoms. The van der Waals surface area contributed by atoms with Crippen molar-refractivity contribution in [3.05, 3.63) is 89.0 Å². The van der Waals surface area contributed by atoms with Gasteiger partial charge in [-0.25, -0.2) is 9.59 Å². The largest absolute Gasteiger partial charge is 0.449 e. The maximum Gasteiger partial charge on any atom is 0.407 e. The van der Waals surface area contributed by atoms with Gasteiger partial charge in [0.05, 0.1) is 13.2 Å². The molecular weight excluding hydrogens is 536 g/mol. The zero-order chi connectivity index (χ0) is 29.9. The third-order valence-electron chi connectivity index (χ3n) is 7.01. The molecule has 10 heteroatoms. The molecule has 0 saturated carbocycles. The Balaban J connectivity index is 1.43. The van der Waals surface area contributed by atoms with E-state index in [1.54, 1.807) is 18.2 Å². The van der Waals surface area contributed by atoms with Crippen LogP contribution < -0.4 is 21.7 Å². The number of carbonyl (C=O) groups is 3. The summed E-state index contributed by atoms with van der Waals surface area (Å²) < 4.78 is 11.0. The third-order valence-corrected chi connectivity index (χ3v) is 7.01. The summed E-state index contributed by atoms with van der Waals surface area (Å²) in [5.74, 6) is 1.78. The normalized spacial score (nSPS) is 12.4. The van der Waals surface area contributed by atoms with Gasteiger partial charge in [-0.05, 0) is 58.4 Å². The predicted molar refractivity (Wildman–Crippen MR) is 158 cm³/mol. The second-order valence-electron chi connectivity index (χ2n) is 9.78. The van der Waals surface area contributed by atoms with Crippen molar-refractivity contribution in [3.8, 4) is 23.5 Å². The van der Waals surface area contributed by atoms with Crippen LogP contribution in [0, 0.1) is 12.3 Å². The molecule has 0 fully saturated rings. The smallest absolute Gasteiger partial charge is 0.407 e. The molecule has 4 rings (SSSR count). The number of primary amides is 1. The summed E-state index contributed by atoms with van der Waals surface area (Å²) in [7, 11) is 0. The molecule has 4 amide bonds. The van der Waals surface area contributed by atoms with Crippen LogP contribution in [-0.2, 0) is 27.5 Å². The Morgan fingerprint density at radius 3 is 2.33 bits per heavy atom. The second-order valence-corrected chi connectivity index (χ2v) is 9.78. The Labute approximate surface area is 244 Å². The molecule has 0 aliphatic heterocycles. The summed E-state index contributed by atoms with van der Waals surface area (Å²) in [5, 5.41) is 17.6. The number of nitrogens with two attached hydrogens (primary N) is 1. The summed E-state index contributed by atoms with van der Waals surface area (Å²) in [6, 6.07) is 19.4. The van der Waals surface area contributed by atoms with Crippen LogP contribution in [0.4, 0.5) is 15.3 Å². The molecule has 0 spiro atoms. The molecule has 0 saturated heterocycles. The summed E-state index contributed by atoms with van der Waals surface area (Å²) >= 11 is 0. The van der Waals surface area contributed by atoms with Crippen LogP contribution in [0.2, 0.25) is 0 Å². The van der Waals surface area contributed by atoms with Crippen molar-refractivity contribution in [1.29, 1.82) is 0 Å². The van der Waals surface area contributed by atoms with E-state index in [1.165, 1.54) is 0 Å². The first-order chi connectivity index (χ1) is 20.4. The molecule has 0 radical (unpaired) electrons. The maximum atomic E-state index is 13.3. The average molecular weight is 571 g/mol. The number of hydrogen-bond acceptors (Lipinski definition) is 6. The molecule has 1 aliphatic carbocycles. The van der Waals surface area contributed by atoms with Crippen LogP contribution in [0.15, 0.2) is 66.7 Å². The van der Waals surface area contributed by atoms with Crippen molar-refractivity contribution in [2.75, 3.05) is 25.1 Å². The lowest BCUT2D eigenvalue weighted by Crippen LogP contribution is -2.44. The number of rotatable bonds is 13. The summed E-state index contributed by atoms with van der Waals surface area (Å²) in [5.41, 5.74) is 11.3. The van der Waals surface area contributed by atoms with Gasteiger partial charge in [-0.15, -0.1) is 6.42 Å². The highest BCUT2D eigenvalue weighted by Gasteiger charge is 2.30. The molecule has 3 aromatic carbocycles. The zero-order valence-corrected chi connectivity index (χ0v) is 23.1. The Morgan fingerprint density at radius 1 is 1.00 bits per heavy atom. The van der Waals surface area contributed by atoms with Crippen LogP contribution in [0.25, 0.3) is 11.1 Å². The Morgan fingerprint density at radius 2 is 1.69 bits per heavy atom. The lowest BCUT2D eigenvalue weighted by atomic mass is 9.98. The Kier molecular flexibility index (Phi) is 10.5. The zero-order valence-electron chi connectivity index (χ0n) is 23.1. The number of anilines is 1. The van der Waals surface area contributed by atoms with Gasteiger partial charge in [0.25, 0.3) is 0 Å². The highest BCUT2D eigenvalue weighted by atomic mass is 16.5. The fourth-order valence-corrected chi connectivity index (χ4v) is 5.01. The molecule has 218 valence electrons. The number of amides is 4. The van der Waals surface area contributed by atoms with Gasteiger partial charge in [-0.3, -0.25) is 4.79 Å². The van der Waals surface area contributed by atoms with E-state index in [0.29, 0.717) is 23.2 Å². The van der Waals surface area contributed by atoms with Crippen LogP contribution in [-0.4, -0.2) is 48.9 Å². The van der Waals surface area contributed by atoms with Gasteiger partial charge in [0, 0.05) is 18.2 Å². The quantitative estimate of drug-likeness (QED) is 0.156. The SMILES string of the molecule is C#CCOCc1cc(NC(=O)[C@H](CCCNC(N)=O)NC(=O)OCC2c3ccccc3-c3ccccc32)ccc1CO. The summed E-state index contributed by atoms with van der Waals surface area (Å²) in [4.78, 5) is 37.3. The van der Waals surface area contributed by atoms with E-state index in [-0.39, 0.29) is 45.3 Å². The van der Waals surface area contributed by atoms with Crippen molar-refractivity contribution in [2.45, 2.75) is 38.0 Å². The molecule has 0 unspecified atom stereocenters. The monoisotopic (exact) mass is 570 g/mol. The van der Waals surface area contributed by atoms with Gasteiger partial charge in [0.2, 0.25) is 5.91 Å². The van der Waals surface area contributed by atoms with Crippen molar-refractivity contribution >= 4 is 23.7 Å².